The maximum absolute atomic E-state index is 12.6. The van der Waals surface area contributed by atoms with Crippen molar-refractivity contribution >= 4 is 12.1 Å². The topological polar surface area (TPSA) is 69.2 Å². The van der Waals surface area contributed by atoms with Gasteiger partial charge in [0.1, 0.15) is 5.60 Å². The fourth-order valence-electron chi connectivity index (χ4n) is 4.98. The summed E-state index contributed by atoms with van der Waals surface area (Å²) in [4.78, 5) is 21.5. The van der Waals surface area contributed by atoms with Crippen molar-refractivity contribution in [1.29, 1.82) is 0 Å². The molecule has 0 aromatic heterocycles. The lowest BCUT2D eigenvalue weighted by atomic mass is 9.97. The van der Waals surface area contributed by atoms with Gasteiger partial charge in [-0.15, -0.1) is 0 Å². The number of carbonyl (C=O) groups excluding carboxylic acids is 1. The summed E-state index contributed by atoms with van der Waals surface area (Å²) < 4.78 is 5.64. The van der Waals surface area contributed by atoms with Crippen molar-refractivity contribution in [3.05, 3.63) is 0 Å². The van der Waals surface area contributed by atoms with E-state index in [2.05, 4.69) is 27.6 Å². The van der Waals surface area contributed by atoms with Gasteiger partial charge in [0.2, 0.25) is 0 Å². The molecule has 3 fully saturated rings. The first-order chi connectivity index (χ1) is 13.2. The van der Waals surface area contributed by atoms with Gasteiger partial charge in [-0.25, -0.2) is 4.79 Å². The first-order valence-corrected chi connectivity index (χ1v) is 10.9. The molecule has 160 valence electrons. The van der Waals surface area contributed by atoms with Crippen LogP contribution in [0.1, 0.15) is 59.3 Å². The van der Waals surface area contributed by atoms with Crippen molar-refractivity contribution in [3.8, 4) is 0 Å². The average Bonchev–Trinajstić information content (AvgIpc) is 2.88. The number of aliphatic imine (C=N–C) groups is 1. The zero-order valence-corrected chi connectivity index (χ0v) is 18.3. The molecule has 0 saturated carbocycles. The molecule has 0 radical (unpaired) electrons. The number of fused-ring (bicyclic) bond motifs is 2. The molecule has 2 N–H and O–H groups in total. The summed E-state index contributed by atoms with van der Waals surface area (Å²) in [6, 6.07) is 0.906. The molecule has 0 spiro atoms. The number of carbonyl (C=O) groups is 1. The van der Waals surface area contributed by atoms with Crippen molar-refractivity contribution in [2.45, 2.75) is 83.0 Å². The number of rotatable bonds is 3. The van der Waals surface area contributed by atoms with Gasteiger partial charge in [0.05, 0.1) is 0 Å². The van der Waals surface area contributed by atoms with Crippen LogP contribution in [0.15, 0.2) is 4.99 Å². The minimum Gasteiger partial charge on any atom is -0.444 e. The predicted molar refractivity (Wildman–Crippen MR) is 113 cm³/mol. The molecule has 1 amide bonds. The van der Waals surface area contributed by atoms with Crippen molar-refractivity contribution in [3.63, 3.8) is 0 Å². The van der Waals surface area contributed by atoms with Gasteiger partial charge in [-0.05, 0) is 78.8 Å². The molecular weight excluding hydrogens is 354 g/mol. The van der Waals surface area contributed by atoms with Gasteiger partial charge >= 0.3 is 6.09 Å². The SMILES string of the molecule is CN=C(NCC1CCCN(C)C1)NC1CC2CCC(C1)N2C(=O)OC(C)(C)C. The largest absolute Gasteiger partial charge is 0.444 e. The van der Waals surface area contributed by atoms with Crippen molar-refractivity contribution in [1.82, 2.24) is 20.4 Å². The molecule has 3 atom stereocenters. The van der Waals surface area contributed by atoms with E-state index in [1.165, 1.54) is 19.4 Å². The van der Waals surface area contributed by atoms with Gasteiger partial charge in [-0.1, -0.05) is 0 Å². The van der Waals surface area contributed by atoms with Crippen LogP contribution in [0.25, 0.3) is 0 Å². The minimum absolute atomic E-state index is 0.151. The number of ether oxygens (including phenoxy) is 1. The second kappa shape index (κ2) is 8.89. The van der Waals surface area contributed by atoms with E-state index in [9.17, 15) is 4.79 Å². The van der Waals surface area contributed by atoms with Crippen LogP contribution < -0.4 is 10.6 Å². The molecule has 3 aliphatic heterocycles. The third-order valence-electron chi connectivity index (χ3n) is 6.18. The first-order valence-electron chi connectivity index (χ1n) is 10.9. The highest BCUT2D eigenvalue weighted by atomic mass is 16.6. The Labute approximate surface area is 170 Å². The summed E-state index contributed by atoms with van der Waals surface area (Å²) in [5, 5.41) is 7.14. The number of hydrogen-bond acceptors (Lipinski definition) is 4. The van der Waals surface area contributed by atoms with Crippen LogP contribution in [-0.4, -0.2) is 79.3 Å². The van der Waals surface area contributed by atoms with Crippen LogP contribution in [0.4, 0.5) is 4.79 Å². The molecule has 3 aliphatic rings. The maximum Gasteiger partial charge on any atom is 0.410 e. The van der Waals surface area contributed by atoms with Crippen LogP contribution in [-0.2, 0) is 4.74 Å². The lowest BCUT2D eigenvalue weighted by Crippen LogP contribution is -2.55. The molecule has 2 bridgehead atoms. The van der Waals surface area contributed by atoms with Gasteiger partial charge in [0.15, 0.2) is 5.96 Å². The van der Waals surface area contributed by atoms with Crippen molar-refractivity contribution in [2.24, 2.45) is 10.9 Å². The highest BCUT2D eigenvalue weighted by Crippen LogP contribution is 2.36. The summed E-state index contributed by atoms with van der Waals surface area (Å²) in [7, 11) is 4.04. The summed E-state index contributed by atoms with van der Waals surface area (Å²) in [6.45, 7) is 9.13. The fraction of sp³-hybridized carbons (Fsp3) is 0.905. The third kappa shape index (κ3) is 5.52. The molecule has 7 heteroatoms. The van der Waals surface area contributed by atoms with Gasteiger partial charge in [-0.2, -0.15) is 0 Å². The number of hydrogen-bond donors (Lipinski definition) is 2. The van der Waals surface area contributed by atoms with Crippen molar-refractivity contribution in [2.75, 3.05) is 33.7 Å². The Morgan fingerprint density at radius 3 is 2.43 bits per heavy atom. The molecule has 0 aromatic carbocycles. The molecular formula is C21H39N5O2. The Morgan fingerprint density at radius 2 is 1.86 bits per heavy atom. The molecule has 3 rings (SSSR count). The summed E-state index contributed by atoms with van der Waals surface area (Å²) in [5.74, 6) is 1.57. The monoisotopic (exact) mass is 393 g/mol. The Hall–Kier alpha value is -1.50. The quantitative estimate of drug-likeness (QED) is 0.569. The minimum atomic E-state index is -0.440. The normalized spacial score (nSPS) is 31.6. The van der Waals surface area contributed by atoms with Crippen molar-refractivity contribution < 1.29 is 9.53 Å². The van der Waals surface area contributed by atoms with E-state index in [0.717, 1.165) is 44.7 Å². The van der Waals surface area contributed by atoms with E-state index in [1.807, 2.05) is 32.7 Å². The van der Waals surface area contributed by atoms with Gasteiger partial charge < -0.3 is 25.2 Å². The second-order valence-corrected chi connectivity index (χ2v) is 9.81. The van der Waals surface area contributed by atoms with Crippen LogP contribution in [0.5, 0.6) is 0 Å². The van der Waals surface area contributed by atoms with Crippen LogP contribution in [0.2, 0.25) is 0 Å². The first kappa shape index (κ1) is 21.2. The molecule has 7 nitrogen and oxygen atoms in total. The molecule has 3 heterocycles. The van der Waals surface area contributed by atoms with E-state index < -0.39 is 5.60 Å². The predicted octanol–water partition coefficient (Wildman–Crippen LogP) is 2.42. The number of piperidine rings is 2. The zero-order chi connectivity index (χ0) is 20.3. The number of nitrogens with one attached hydrogen (secondary N) is 2. The van der Waals surface area contributed by atoms with E-state index in [-0.39, 0.29) is 18.2 Å². The number of likely N-dealkylation sites (tertiary alicyclic amines) is 1. The molecule has 3 saturated heterocycles. The number of guanidine groups is 1. The summed E-state index contributed by atoms with van der Waals surface area (Å²) in [5.41, 5.74) is -0.440. The van der Waals surface area contributed by atoms with Gasteiger partial charge in [-0.3, -0.25) is 4.99 Å². The Kier molecular flexibility index (Phi) is 6.73. The van der Waals surface area contributed by atoms with E-state index >= 15 is 0 Å². The Balaban J connectivity index is 1.49. The average molecular weight is 394 g/mol. The zero-order valence-electron chi connectivity index (χ0n) is 18.3. The van der Waals surface area contributed by atoms with E-state index in [4.69, 9.17) is 4.74 Å². The smallest absolute Gasteiger partial charge is 0.410 e. The number of nitrogens with zero attached hydrogens (tertiary/aromatic N) is 3. The van der Waals surface area contributed by atoms with Crippen LogP contribution in [0.3, 0.4) is 0 Å². The molecule has 28 heavy (non-hydrogen) atoms. The van der Waals surface area contributed by atoms with Gasteiger partial charge in [0, 0.05) is 38.3 Å². The molecule has 0 aromatic rings. The maximum atomic E-state index is 12.6. The summed E-state index contributed by atoms with van der Waals surface area (Å²) >= 11 is 0. The standard InChI is InChI=1S/C21H39N5O2/c1-21(2,3)28-20(27)26-17-8-9-18(26)12-16(11-17)24-19(22-4)23-13-15-7-6-10-25(5)14-15/h15-18H,6-14H2,1-5H3,(H2,22,23,24). The summed E-state index contributed by atoms with van der Waals surface area (Å²) in [6.07, 6.45) is 6.48. The highest BCUT2D eigenvalue weighted by molar-refractivity contribution is 5.80. The van der Waals surface area contributed by atoms with Gasteiger partial charge in [0.25, 0.3) is 0 Å². The highest BCUT2D eigenvalue weighted by Gasteiger charge is 2.45. The Bertz CT molecular complexity index is 560. The van der Waals surface area contributed by atoms with Crippen LogP contribution >= 0.6 is 0 Å². The molecule has 3 unspecified atom stereocenters. The lowest BCUT2D eigenvalue weighted by molar-refractivity contribution is 0.00544. The Morgan fingerprint density at radius 1 is 1.18 bits per heavy atom. The van der Waals surface area contributed by atoms with E-state index in [1.54, 1.807) is 0 Å². The number of amides is 1. The van der Waals surface area contributed by atoms with Crippen LogP contribution in [0, 0.1) is 5.92 Å². The molecule has 0 aliphatic carbocycles. The second-order valence-electron chi connectivity index (χ2n) is 9.81. The lowest BCUT2D eigenvalue weighted by Gasteiger charge is -2.40. The third-order valence-corrected chi connectivity index (χ3v) is 6.18. The fourth-order valence-corrected chi connectivity index (χ4v) is 4.98. The van der Waals surface area contributed by atoms with E-state index in [0.29, 0.717) is 12.0 Å².